The monoisotopic (exact) mass is 312 g/mol. The lowest BCUT2D eigenvalue weighted by atomic mass is 10.1. The summed E-state index contributed by atoms with van der Waals surface area (Å²) in [6.45, 7) is 5.84. The fourth-order valence-electron chi connectivity index (χ4n) is 3.04. The first kappa shape index (κ1) is 18.6. The Hall–Kier alpha value is -1.40. The molecule has 1 saturated heterocycles. The second kappa shape index (κ2) is 8.90. The van der Waals surface area contributed by atoms with Crippen LogP contribution in [0.5, 0.6) is 0 Å². The van der Waals surface area contributed by atoms with E-state index in [4.69, 9.17) is 0 Å². The molecule has 1 heterocycles. The predicted molar refractivity (Wildman–Crippen MR) is 84.2 cm³/mol. The molecule has 0 saturated carbocycles. The molecule has 3 N–H and O–H groups in total. The van der Waals surface area contributed by atoms with Crippen LogP contribution < -0.4 is 5.32 Å². The highest BCUT2D eigenvalue weighted by atomic mass is 16.4. The summed E-state index contributed by atoms with van der Waals surface area (Å²) in [5.41, 5.74) is 0. The van der Waals surface area contributed by atoms with Crippen molar-refractivity contribution in [2.45, 2.75) is 64.8 Å². The van der Waals surface area contributed by atoms with Crippen molar-refractivity contribution in [1.29, 1.82) is 0 Å². The zero-order valence-corrected chi connectivity index (χ0v) is 13.7. The Bertz CT molecular complexity index is 411. The van der Waals surface area contributed by atoms with Gasteiger partial charge in [0.2, 0.25) is 5.91 Å². The van der Waals surface area contributed by atoms with Gasteiger partial charge in [0, 0.05) is 13.5 Å². The molecule has 22 heavy (non-hydrogen) atoms. The van der Waals surface area contributed by atoms with Crippen LogP contribution in [0.4, 0.5) is 0 Å². The fourth-order valence-corrected chi connectivity index (χ4v) is 3.04. The van der Waals surface area contributed by atoms with Gasteiger partial charge in [0.1, 0.15) is 12.2 Å². The number of rotatable bonds is 8. The van der Waals surface area contributed by atoms with Gasteiger partial charge >= 0.3 is 5.97 Å². The summed E-state index contributed by atoms with van der Waals surface area (Å²) in [5, 5.41) is 22.6. The Labute approximate surface area is 132 Å². The Morgan fingerprint density at radius 3 is 2.64 bits per heavy atom. The lowest BCUT2D eigenvalue weighted by molar-refractivity contribution is -0.145. The number of nitrogens with zero attached hydrogens (tertiary/aromatic N) is 1. The molecule has 1 rings (SSSR count). The van der Waals surface area contributed by atoms with Gasteiger partial charge in [-0.2, -0.15) is 0 Å². The van der Waals surface area contributed by atoms with Crippen molar-refractivity contribution in [1.82, 2.24) is 10.2 Å². The van der Waals surface area contributed by atoms with Gasteiger partial charge in [0.25, 0.3) is 0 Å². The molecular formula is C16H28N2O4. The van der Waals surface area contributed by atoms with Gasteiger partial charge in [-0.3, -0.25) is 14.5 Å². The van der Waals surface area contributed by atoms with Crippen LogP contribution in [0, 0.1) is 5.92 Å². The maximum atomic E-state index is 11.5. The molecule has 0 spiro atoms. The van der Waals surface area contributed by atoms with Gasteiger partial charge in [-0.1, -0.05) is 31.9 Å². The second-order valence-corrected chi connectivity index (χ2v) is 5.93. The summed E-state index contributed by atoms with van der Waals surface area (Å²) in [6, 6.07) is -0.686. The van der Waals surface area contributed by atoms with Crippen LogP contribution in [-0.4, -0.2) is 51.8 Å². The molecule has 0 aromatic rings. The van der Waals surface area contributed by atoms with E-state index >= 15 is 0 Å². The average molecular weight is 312 g/mol. The molecule has 0 radical (unpaired) electrons. The summed E-state index contributed by atoms with van der Waals surface area (Å²) in [6.07, 6.45) is 5.28. The molecule has 126 valence electrons. The number of hydrogen-bond acceptors (Lipinski definition) is 4. The number of likely N-dealkylation sites (tertiary alicyclic amines) is 1. The van der Waals surface area contributed by atoms with E-state index in [0.717, 1.165) is 12.8 Å². The predicted octanol–water partition coefficient (Wildman–Crippen LogP) is 1.35. The summed E-state index contributed by atoms with van der Waals surface area (Å²) < 4.78 is 0. The zero-order valence-electron chi connectivity index (χ0n) is 13.7. The van der Waals surface area contributed by atoms with Crippen molar-refractivity contribution in [3.8, 4) is 0 Å². The number of carbonyl (C=O) groups excluding carboxylic acids is 1. The molecule has 1 amide bonds. The summed E-state index contributed by atoms with van der Waals surface area (Å²) >= 11 is 0. The molecule has 6 nitrogen and oxygen atoms in total. The molecule has 1 fully saturated rings. The van der Waals surface area contributed by atoms with Crippen LogP contribution in [0.25, 0.3) is 0 Å². The topological polar surface area (TPSA) is 89.9 Å². The number of hydrogen-bond donors (Lipinski definition) is 3. The van der Waals surface area contributed by atoms with Gasteiger partial charge in [-0.15, -0.1) is 0 Å². The summed E-state index contributed by atoms with van der Waals surface area (Å²) in [4.78, 5) is 24.7. The quantitative estimate of drug-likeness (QED) is 0.589. The molecule has 0 bridgehead atoms. The van der Waals surface area contributed by atoms with Crippen molar-refractivity contribution >= 4 is 11.9 Å². The number of aliphatic carboxylic acids is 1. The first-order chi connectivity index (χ1) is 10.4. The van der Waals surface area contributed by atoms with Gasteiger partial charge in [-0.05, 0) is 25.7 Å². The number of nitrogens with one attached hydrogen (secondary N) is 1. The van der Waals surface area contributed by atoms with Gasteiger partial charge in [0.15, 0.2) is 0 Å². The summed E-state index contributed by atoms with van der Waals surface area (Å²) in [5.74, 6) is -1.05. The number of allylic oxidation sites excluding steroid dienone is 1. The number of carboxylic acid groups (broad SMARTS) is 1. The van der Waals surface area contributed by atoms with Crippen molar-refractivity contribution < 1.29 is 19.8 Å². The maximum absolute atomic E-state index is 11.5. The number of amides is 1. The zero-order chi connectivity index (χ0) is 16.7. The molecular weight excluding hydrogens is 284 g/mol. The maximum Gasteiger partial charge on any atom is 0.321 e. The van der Waals surface area contributed by atoms with E-state index in [1.807, 2.05) is 26.0 Å². The number of carboxylic acids is 1. The molecule has 4 unspecified atom stereocenters. The highest BCUT2D eigenvalue weighted by molar-refractivity contribution is 5.75. The molecule has 1 aliphatic heterocycles. The third-order valence-electron chi connectivity index (χ3n) is 4.05. The fraction of sp³-hybridized carbons (Fsp3) is 0.750. The van der Waals surface area contributed by atoms with E-state index in [2.05, 4.69) is 5.32 Å². The standard InChI is InChI=1S/C16H28N2O4/c1-4-6-8-14(20)15(17-11(3)19)18-10-12(7-5-2)9-13(18)16(21)22/h5,7,12-15,20H,4,6,8-10H2,1-3H3,(H,17,19)(H,21,22)/b7-5-. The van der Waals surface area contributed by atoms with Crippen LogP contribution in [0.2, 0.25) is 0 Å². The number of aliphatic hydroxyl groups is 1. The molecule has 0 aliphatic carbocycles. The lowest BCUT2D eigenvalue weighted by Crippen LogP contribution is -2.57. The first-order valence-electron chi connectivity index (χ1n) is 7.97. The minimum Gasteiger partial charge on any atom is -0.480 e. The molecule has 0 aromatic heterocycles. The Morgan fingerprint density at radius 1 is 1.45 bits per heavy atom. The number of carbonyl (C=O) groups is 2. The summed E-state index contributed by atoms with van der Waals surface area (Å²) in [7, 11) is 0. The van der Waals surface area contributed by atoms with Crippen LogP contribution in [0.1, 0.15) is 46.5 Å². The molecule has 6 heteroatoms. The van der Waals surface area contributed by atoms with E-state index < -0.39 is 24.3 Å². The minimum atomic E-state index is -0.912. The Kier molecular flexibility index (Phi) is 7.55. The van der Waals surface area contributed by atoms with Crippen molar-refractivity contribution in [3.05, 3.63) is 12.2 Å². The third-order valence-corrected chi connectivity index (χ3v) is 4.05. The molecule has 0 aromatic carbocycles. The minimum absolute atomic E-state index is 0.126. The van der Waals surface area contributed by atoms with Crippen molar-refractivity contribution in [2.24, 2.45) is 5.92 Å². The van der Waals surface area contributed by atoms with Crippen LogP contribution in [0.15, 0.2) is 12.2 Å². The van der Waals surface area contributed by atoms with E-state index in [1.54, 1.807) is 4.90 Å². The molecule has 4 atom stereocenters. The van der Waals surface area contributed by atoms with Gasteiger partial charge in [0.05, 0.1) is 6.10 Å². The number of unbranched alkanes of at least 4 members (excludes halogenated alkanes) is 1. The van der Waals surface area contributed by atoms with E-state index in [0.29, 0.717) is 19.4 Å². The number of aliphatic hydroxyl groups excluding tert-OH is 1. The smallest absolute Gasteiger partial charge is 0.321 e. The van der Waals surface area contributed by atoms with Gasteiger partial charge in [-0.25, -0.2) is 0 Å². The first-order valence-corrected chi connectivity index (χ1v) is 7.97. The van der Waals surface area contributed by atoms with Crippen LogP contribution >= 0.6 is 0 Å². The second-order valence-electron chi connectivity index (χ2n) is 5.93. The van der Waals surface area contributed by atoms with Crippen LogP contribution in [0.3, 0.4) is 0 Å². The van der Waals surface area contributed by atoms with Gasteiger partial charge < -0.3 is 15.5 Å². The van der Waals surface area contributed by atoms with E-state index in [-0.39, 0.29) is 11.8 Å². The van der Waals surface area contributed by atoms with E-state index in [1.165, 1.54) is 6.92 Å². The van der Waals surface area contributed by atoms with E-state index in [9.17, 15) is 19.8 Å². The third kappa shape index (κ3) is 5.10. The molecule has 1 aliphatic rings. The highest BCUT2D eigenvalue weighted by Gasteiger charge is 2.42. The van der Waals surface area contributed by atoms with Crippen LogP contribution in [-0.2, 0) is 9.59 Å². The Balaban J connectivity index is 2.93. The highest BCUT2D eigenvalue weighted by Crippen LogP contribution is 2.28. The largest absolute Gasteiger partial charge is 0.480 e. The Morgan fingerprint density at radius 2 is 2.14 bits per heavy atom. The van der Waals surface area contributed by atoms with Crippen molar-refractivity contribution in [2.75, 3.05) is 6.54 Å². The lowest BCUT2D eigenvalue weighted by Gasteiger charge is -2.34. The normalized spacial score (nSPS) is 25.3. The average Bonchev–Trinajstić information content (AvgIpc) is 2.86. The SMILES string of the molecule is C/C=C\C1CC(C(=O)O)N(C(NC(C)=O)C(O)CCCC)C1. The van der Waals surface area contributed by atoms with Crippen molar-refractivity contribution in [3.63, 3.8) is 0 Å².